The number of rotatable bonds is 8. The molecule has 4 nitrogen and oxygen atoms in total. The summed E-state index contributed by atoms with van der Waals surface area (Å²) >= 11 is 0. The van der Waals surface area contributed by atoms with Crippen molar-refractivity contribution in [3.05, 3.63) is 27.7 Å². The Morgan fingerprint density at radius 2 is 0.571 bits per heavy atom. The van der Waals surface area contributed by atoms with E-state index in [0.29, 0.717) is 0 Å². The summed E-state index contributed by atoms with van der Waals surface area (Å²) in [6.07, 6.45) is 6.71. The summed E-state index contributed by atoms with van der Waals surface area (Å²) in [6.45, 7) is 15.2. The molecule has 4 N–H and O–H groups in total. The molecule has 0 atom stereocenters. The molecule has 129 valence electrons. The van der Waals surface area contributed by atoms with Gasteiger partial charge < -0.3 is 48.1 Å². The van der Waals surface area contributed by atoms with Gasteiger partial charge in [-0.25, -0.2) is 0 Å². The van der Waals surface area contributed by atoms with E-state index in [0.717, 1.165) is 51.4 Å². The molecule has 1 radical (unpaired) electrons. The molecule has 0 aromatic rings. The Balaban J connectivity index is -0.0000000533. The Bertz CT molecular complexity index is 74.3. The van der Waals surface area contributed by atoms with Gasteiger partial charge in [-0.2, -0.15) is 25.7 Å². The molecular weight excluding hydrogens is 307 g/mol. The Kier molecular flexibility index (Phi) is 78.8. The summed E-state index contributed by atoms with van der Waals surface area (Å²) in [7, 11) is 0. The van der Waals surface area contributed by atoms with Crippen LogP contribution in [0.25, 0.3) is 0 Å². The van der Waals surface area contributed by atoms with E-state index in [4.69, 9.17) is 20.4 Å². The van der Waals surface area contributed by atoms with Crippen LogP contribution in [0.3, 0.4) is 0 Å². The number of aliphatic hydroxyl groups excluding tert-OH is 4. The van der Waals surface area contributed by atoms with Gasteiger partial charge in [0.1, 0.15) is 0 Å². The van der Waals surface area contributed by atoms with Crippen molar-refractivity contribution in [2.45, 2.75) is 51.4 Å². The molecule has 0 saturated carbocycles. The number of hydrogen-bond donors (Lipinski definition) is 4. The molecule has 0 aromatic heterocycles. The minimum absolute atomic E-state index is 0. The predicted molar refractivity (Wildman–Crippen MR) is 86.7 cm³/mol. The maximum absolute atomic E-state index is 8.03. The van der Waals surface area contributed by atoms with E-state index in [1.807, 2.05) is 0 Å². The van der Waals surface area contributed by atoms with Gasteiger partial charge >= 0.3 is 18.6 Å². The second kappa shape index (κ2) is 49.9. The maximum Gasteiger partial charge on any atom is 4.00 e. The number of hydrogen-bond acceptors (Lipinski definition) is 4. The Labute approximate surface area is 144 Å². The van der Waals surface area contributed by atoms with E-state index in [1.54, 1.807) is 0 Å². The van der Waals surface area contributed by atoms with E-state index in [2.05, 4.69) is 27.7 Å². The normalized spacial score (nSPS) is 8.00. The summed E-state index contributed by atoms with van der Waals surface area (Å²) in [4.78, 5) is 0. The van der Waals surface area contributed by atoms with Crippen LogP contribution in [0, 0.1) is 27.7 Å². The van der Waals surface area contributed by atoms with Gasteiger partial charge in [-0.3, -0.25) is 0 Å². The molecule has 0 spiro atoms. The van der Waals surface area contributed by atoms with Gasteiger partial charge in [-0.05, 0) is 0 Å². The second-order valence-corrected chi connectivity index (χ2v) is 3.72. The van der Waals surface area contributed by atoms with Crippen LogP contribution in [0.15, 0.2) is 0 Å². The Hall–Kier alpha value is 0.424. The SMILES string of the molecule is [CH2-]CCCO.[CH2-]CCCO.[CH2-]CCCO.[CH2-]CCCO.[V+4]. The molecule has 0 amide bonds. The second-order valence-electron chi connectivity index (χ2n) is 3.72. The predicted octanol–water partition coefficient (Wildman–Crippen LogP) is 2.37. The first-order valence-electron chi connectivity index (χ1n) is 7.26. The van der Waals surface area contributed by atoms with Gasteiger partial charge in [0, 0.05) is 26.4 Å². The molecule has 0 heterocycles. The fourth-order valence-electron chi connectivity index (χ4n) is 0.447. The van der Waals surface area contributed by atoms with Gasteiger partial charge in [0.25, 0.3) is 0 Å². The quantitative estimate of drug-likeness (QED) is 0.510. The van der Waals surface area contributed by atoms with Crippen LogP contribution in [0.5, 0.6) is 0 Å². The van der Waals surface area contributed by atoms with Crippen molar-refractivity contribution in [1.82, 2.24) is 0 Å². The zero-order valence-electron chi connectivity index (χ0n) is 13.5. The third-order valence-electron chi connectivity index (χ3n) is 1.63. The first kappa shape index (κ1) is 33.1. The fraction of sp³-hybridized carbons (Fsp3) is 0.750. The van der Waals surface area contributed by atoms with Crippen LogP contribution < -0.4 is 0 Å². The van der Waals surface area contributed by atoms with Gasteiger partial charge in [-0.15, -0.1) is 0 Å². The van der Waals surface area contributed by atoms with Crippen molar-refractivity contribution in [2.24, 2.45) is 0 Å². The monoisotopic (exact) mass is 343 g/mol. The van der Waals surface area contributed by atoms with E-state index in [-0.39, 0.29) is 45.0 Å². The molecule has 0 aliphatic heterocycles. The number of unbranched alkanes of at least 4 members (excludes halogenated alkanes) is 4. The molecule has 0 aliphatic carbocycles. The first-order chi connectivity index (χ1) is 9.66. The summed E-state index contributed by atoms with van der Waals surface area (Å²) in [6, 6.07) is 0. The molecule has 0 rings (SSSR count). The Morgan fingerprint density at radius 1 is 0.429 bits per heavy atom. The topological polar surface area (TPSA) is 80.9 Å². The summed E-state index contributed by atoms with van der Waals surface area (Å²) in [5.41, 5.74) is 0. The van der Waals surface area contributed by atoms with Crippen molar-refractivity contribution in [2.75, 3.05) is 26.4 Å². The van der Waals surface area contributed by atoms with Gasteiger partial charge in [0.05, 0.1) is 0 Å². The van der Waals surface area contributed by atoms with E-state index < -0.39 is 0 Å². The number of aliphatic hydroxyl groups is 4. The minimum atomic E-state index is 0. The maximum atomic E-state index is 8.03. The van der Waals surface area contributed by atoms with Gasteiger partial charge in [-0.1, -0.05) is 25.7 Å². The molecule has 5 heteroatoms. The van der Waals surface area contributed by atoms with Gasteiger partial charge in [0.2, 0.25) is 0 Å². The minimum Gasteiger partial charge on any atom is -0.396 e. The summed E-state index contributed by atoms with van der Waals surface area (Å²) < 4.78 is 0. The van der Waals surface area contributed by atoms with Crippen LogP contribution in [0.2, 0.25) is 0 Å². The smallest absolute Gasteiger partial charge is 0.396 e. The molecule has 0 fully saturated rings. The van der Waals surface area contributed by atoms with Crippen molar-refractivity contribution in [3.63, 3.8) is 0 Å². The molecule has 0 aromatic carbocycles. The van der Waals surface area contributed by atoms with Crippen LogP contribution in [-0.2, 0) is 18.6 Å². The third-order valence-corrected chi connectivity index (χ3v) is 1.63. The zero-order chi connectivity index (χ0) is 16.5. The summed E-state index contributed by atoms with van der Waals surface area (Å²) in [5, 5.41) is 32.1. The molecule has 0 unspecified atom stereocenters. The average molecular weight is 343 g/mol. The third kappa shape index (κ3) is 97.7. The summed E-state index contributed by atoms with van der Waals surface area (Å²) in [5.74, 6) is 0. The molecule has 0 bridgehead atoms. The van der Waals surface area contributed by atoms with Crippen LogP contribution in [-0.4, -0.2) is 46.9 Å². The van der Waals surface area contributed by atoms with Crippen LogP contribution >= 0.6 is 0 Å². The van der Waals surface area contributed by atoms with E-state index in [1.165, 1.54) is 0 Å². The fourth-order valence-corrected chi connectivity index (χ4v) is 0.447. The van der Waals surface area contributed by atoms with E-state index >= 15 is 0 Å². The van der Waals surface area contributed by atoms with Crippen molar-refractivity contribution < 1.29 is 39.0 Å². The van der Waals surface area contributed by atoms with Crippen LogP contribution in [0.1, 0.15) is 51.4 Å². The molecule has 21 heavy (non-hydrogen) atoms. The van der Waals surface area contributed by atoms with Crippen molar-refractivity contribution >= 4 is 0 Å². The largest absolute Gasteiger partial charge is 4.00 e. The molecule has 0 aliphatic rings. The van der Waals surface area contributed by atoms with Crippen molar-refractivity contribution in [3.8, 4) is 0 Å². The molecule has 0 saturated heterocycles. The van der Waals surface area contributed by atoms with Crippen molar-refractivity contribution in [1.29, 1.82) is 0 Å². The first-order valence-corrected chi connectivity index (χ1v) is 7.26. The Morgan fingerprint density at radius 3 is 0.571 bits per heavy atom. The zero-order valence-corrected chi connectivity index (χ0v) is 14.9. The standard InChI is InChI=1S/4C4H9O.V/c4*1-2-3-4-5;/h4*5H,1-4H2;/q4*-1;+4. The van der Waals surface area contributed by atoms with Crippen LogP contribution in [0.4, 0.5) is 0 Å². The molecular formula is C16H36O4V. The van der Waals surface area contributed by atoms with E-state index in [9.17, 15) is 0 Å². The van der Waals surface area contributed by atoms with Gasteiger partial charge in [0.15, 0.2) is 0 Å². The average Bonchev–Trinajstić information content (AvgIpc) is 2.44.